The van der Waals surface area contributed by atoms with Crippen LogP contribution >= 0.6 is 0 Å². The smallest absolute Gasteiger partial charge is 0.246 e. The molecule has 0 spiro atoms. The number of nitrogens with one attached hydrogen (secondary N) is 1. The minimum atomic E-state index is -0.779. The molecule has 3 heterocycles. The van der Waals surface area contributed by atoms with E-state index in [1.54, 1.807) is 12.1 Å². The Hall–Kier alpha value is -2.09. The van der Waals surface area contributed by atoms with Crippen molar-refractivity contribution in [1.29, 1.82) is 0 Å². The summed E-state index contributed by atoms with van der Waals surface area (Å²) in [7, 11) is 0. The van der Waals surface area contributed by atoms with Crippen LogP contribution in [0.3, 0.4) is 0 Å². The fourth-order valence-electron chi connectivity index (χ4n) is 4.79. The van der Waals surface area contributed by atoms with E-state index in [0.717, 1.165) is 39.0 Å². The van der Waals surface area contributed by atoms with E-state index in [4.69, 9.17) is 9.47 Å². The molecule has 3 N–H and O–H groups in total. The molecule has 4 rings (SSSR count). The van der Waals surface area contributed by atoms with E-state index in [1.165, 1.54) is 17.4 Å². The first kappa shape index (κ1) is 21.2. The molecule has 1 aromatic carbocycles. The number of quaternary nitrogens is 1. The Labute approximate surface area is 177 Å². The molecule has 3 aliphatic rings. The van der Waals surface area contributed by atoms with Gasteiger partial charge < -0.3 is 29.5 Å². The highest BCUT2D eigenvalue weighted by Gasteiger charge is 2.49. The lowest BCUT2D eigenvalue weighted by atomic mass is 9.84. The van der Waals surface area contributed by atoms with Gasteiger partial charge in [0.15, 0.2) is 6.04 Å². The summed E-state index contributed by atoms with van der Waals surface area (Å²) in [6.07, 6.45) is 5.68. The normalized spacial score (nSPS) is 27.0. The molecule has 0 saturated carbocycles. The number of hydrogen-bond acceptors (Lipinski definition) is 5. The molecule has 2 saturated heterocycles. The predicted octanol–water partition coefficient (Wildman–Crippen LogP) is 0.906. The van der Waals surface area contributed by atoms with Gasteiger partial charge >= 0.3 is 0 Å². The summed E-state index contributed by atoms with van der Waals surface area (Å²) < 4.78 is 11.5. The van der Waals surface area contributed by atoms with E-state index in [0.29, 0.717) is 30.1 Å². The lowest BCUT2D eigenvalue weighted by Gasteiger charge is -2.45. The predicted molar refractivity (Wildman–Crippen MR) is 113 cm³/mol. The third-order valence-electron chi connectivity index (χ3n) is 6.57. The van der Waals surface area contributed by atoms with Gasteiger partial charge in [0.2, 0.25) is 5.91 Å². The summed E-state index contributed by atoms with van der Waals surface area (Å²) in [5, 5.41) is 22.3. The molecule has 0 unspecified atom stereocenters. The standard InChI is InChI=1S/C23H32N2O5/c1-23(2)22(28)20(25-12-14-29-15-13-25)19-17(30-23)8-6-16(21(19)27)7-9-18(26)24-10-4-3-5-11-24/h6-9,20,22,27-28H,3-5,10-15H2,1-2H3/p+1/b9-7+/t20-,22-/m0/s1. The van der Waals surface area contributed by atoms with Crippen LogP contribution in [0.5, 0.6) is 11.5 Å². The third kappa shape index (κ3) is 4.06. The molecule has 2 atom stereocenters. The van der Waals surface area contributed by atoms with Crippen molar-refractivity contribution in [2.24, 2.45) is 0 Å². The molecule has 0 bridgehead atoms. The van der Waals surface area contributed by atoms with Gasteiger partial charge in [-0.05, 0) is 51.3 Å². The molecule has 1 amide bonds. The van der Waals surface area contributed by atoms with Crippen LogP contribution in [0, 0.1) is 0 Å². The molecular weight excluding hydrogens is 384 g/mol. The molecule has 0 radical (unpaired) electrons. The second kappa shape index (κ2) is 8.57. The fraction of sp³-hybridized carbons (Fsp3) is 0.609. The zero-order valence-electron chi connectivity index (χ0n) is 17.9. The van der Waals surface area contributed by atoms with E-state index in [9.17, 15) is 15.0 Å². The highest BCUT2D eigenvalue weighted by Crippen LogP contribution is 2.44. The van der Waals surface area contributed by atoms with Crippen molar-refractivity contribution in [3.8, 4) is 11.5 Å². The van der Waals surface area contributed by atoms with Crippen molar-refractivity contribution in [2.45, 2.75) is 50.9 Å². The Balaban J connectivity index is 1.65. The quantitative estimate of drug-likeness (QED) is 0.637. The van der Waals surface area contributed by atoms with Gasteiger partial charge in [-0.1, -0.05) is 0 Å². The summed E-state index contributed by atoms with van der Waals surface area (Å²) in [4.78, 5) is 15.5. The number of aliphatic hydroxyl groups excluding tert-OH is 1. The van der Waals surface area contributed by atoms with Crippen LogP contribution in [-0.2, 0) is 9.53 Å². The highest BCUT2D eigenvalue weighted by molar-refractivity contribution is 5.92. The zero-order chi connectivity index (χ0) is 21.3. The number of aromatic hydroxyl groups is 1. The Morgan fingerprint density at radius 3 is 2.60 bits per heavy atom. The Morgan fingerprint density at radius 1 is 1.20 bits per heavy atom. The van der Waals surface area contributed by atoms with Crippen molar-refractivity contribution in [1.82, 2.24) is 4.90 Å². The number of ether oxygens (including phenoxy) is 2. The number of rotatable bonds is 3. The van der Waals surface area contributed by atoms with Crippen molar-refractivity contribution >= 4 is 12.0 Å². The number of amides is 1. The molecule has 7 heteroatoms. The van der Waals surface area contributed by atoms with Gasteiger partial charge in [-0.25, -0.2) is 0 Å². The summed E-state index contributed by atoms with van der Waals surface area (Å²) in [5.74, 6) is 0.639. The van der Waals surface area contributed by atoms with Crippen LogP contribution in [-0.4, -0.2) is 72.1 Å². The number of piperidine rings is 1. The van der Waals surface area contributed by atoms with E-state index < -0.39 is 11.7 Å². The SMILES string of the molecule is CC1(C)Oc2ccc(/C=C/C(=O)N3CCCCC3)c(O)c2[C@H]([NH+]2CCOCC2)[C@@H]1O. The minimum Gasteiger partial charge on any atom is -0.507 e. The number of benzene rings is 1. The Kier molecular flexibility index (Phi) is 6.04. The largest absolute Gasteiger partial charge is 0.507 e. The van der Waals surface area contributed by atoms with Crippen LogP contribution in [0.4, 0.5) is 0 Å². The van der Waals surface area contributed by atoms with Gasteiger partial charge in [-0.15, -0.1) is 0 Å². The topological polar surface area (TPSA) is 83.7 Å². The van der Waals surface area contributed by atoms with Gasteiger partial charge in [0.05, 0.1) is 18.8 Å². The average Bonchev–Trinajstić information content (AvgIpc) is 2.75. The Bertz CT molecular complexity index is 810. The molecule has 0 aliphatic carbocycles. The number of hydrogen-bond donors (Lipinski definition) is 3. The van der Waals surface area contributed by atoms with Crippen LogP contribution in [0.2, 0.25) is 0 Å². The first-order chi connectivity index (χ1) is 14.4. The second-order valence-electron chi connectivity index (χ2n) is 9.03. The number of aliphatic hydroxyl groups is 1. The summed E-state index contributed by atoms with van der Waals surface area (Å²) >= 11 is 0. The lowest BCUT2D eigenvalue weighted by Crippen LogP contribution is -3.15. The maximum absolute atomic E-state index is 12.5. The molecule has 7 nitrogen and oxygen atoms in total. The third-order valence-corrected chi connectivity index (χ3v) is 6.57. The van der Waals surface area contributed by atoms with Crippen molar-refractivity contribution in [3.63, 3.8) is 0 Å². The van der Waals surface area contributed by atoms with E-state index >= 15 is 0 Å². The molecule has 3 aliphatic heterocycles. The van der Waals surface area contributed by atoms with Gasteiger partial charge in [0.25, 0.3) is 0 Å². The number of fused-ring (bicyclic) bond motifs is 1. The zero-order valence-corrected chi connectivity index (χ0v) is 17.9. The maximum atomic E-state index is 12.5. The number of phenols is 1. The lowest BCUT2D eigenvalue weighted by molar-refractivity contribution is -0.944. The number of phenolic OH excluding ortho intramolecular Hbond substituents is 1. The Morgan fingerprint density at radius 2 is 1.90 bits per heavy atom. The first-order valence-corrected chi connectivity index (χ1v) is 11.0. The monoisotopic (exact) mass is 417 g/mol. The van der Waals surface area contributed by atoms with Crippen LogP contribution in [0.25, 0.3) is 6.08 Å². The van der Waals surface area contributed by atoms with Gasteiger partial charge in [-0.3, -0.25) is 4.79 Å². The van der Waals surface area contributed by atoms with E-state index in [2.05, 4.69) is 0 Å². The van der Waals surface area contributed by atoms with Crippen molar-refractivity contribution < 1.29 is 29.4 Å². The maximum Gasteiger partial charge on any atom is 0.246 e. The summed E-state index contributed by atoms with van der Waals surface area (Å²) in [5.41, 5.74) is 0.412. The van der Waals surface area contributed by atoms with Crippen LogP contribution in [0.15, 0.2) is 18.2 Å². The summed E-state index contributed by atoms with van der Waals surface area (Å²) in [6.45, 7) is 8.08. The van der Waals surface area contributed by atoms with Gasteiger partial charge in [0.1, 0.15) is 36.3 Å². The minimum absolute atomic E-state index is 0.0282. The number of likely N-dealkylation sites (tertiary alicyclic amines) is 1. The molecule has 2 fully saturated rings. The summed E-state index contributed by atoms with van der Waals surface area (Å²) in [6, 6.07) is 3.28. The van der Waals surface area contributed by atoms with Gasteiger partial charge in [-0.2, -0.15) is 0 Å². The van der Waals surface area contributed by atoms with Crippen LogP contribution < -0.4 is 9.64 Å². The molecule has 1 aromatic rings. The molecular formula is C23H33N2O5+. The van der Waals surface area contributed by atoms with E-state index in [1.807, 2.05) is 24.8 Å². The number of carbonyl (C=O) groups excluding carboxylic acids is 1. The molecule has 0 aromatic heterocycles. The van der Waals surface area contributed by atoms with Gasteiger partial charge in [0, 0.05) is 24.7 Å². The van der Waals surface area contributed by atoms with Crippen molar-refractivity contribution in [2.75, 3.05) is 39.4 Å². The average molecular weight is 418 g/mol. The van der Waals surface area contributed by atoms with Crippen LogP contribution in [0.1, 0.15) is 50.3 Å². The molecule has 30 heavy (non-hydrogen) atoms. The number of morpholine rings is 1. The van der Waals surface area contributed by atoms with E-state index in [-0.39, 0.29) is 17.7 Å². The molecule has 164 valence electrons. The highest BCUT2D eigenvalue weighted by atomic mass is 16.5. The first-order valence-electron chi connectivity index (χ1n) is 11.0. The number of carbonyl (C=O) groups is 1. The second-order valence-corrected chi connectivity index (χ2v) is 9.03. The number of nitrogens with zero attached hydrogens (tertiary/aromatic N) is 1. The van der Waals surface area contributed by atoms with Crippen molar-refractivity contribution in [3.05, 3.63) is 29.3 Å². The fourth-order valence-corrected chi connectivity index (χ4v) is 4.79.